The van der Waals surface area contributed by atoms with Crippen LogP contribution in [0.4, 0.5) is 0 Å². The van der Waals surface area contributed by atoms with Crippen LogP contribution in [0.15, 0.2) is 0 Å². The lowest BCUT2D eigenvalue weighted by Crippen LogP contribution is -2.25. The summed E-state index contributed by atoms with van der Waals surface area (Å²) in [5.74, 6) is -1.73. The van der Waals surface area contributed by atoms with Gasteiger partial charge in [0.25, 0.3) is 0 Å². The number of carboxylic acid groups (broad SMARTS) is 1. The standard InChI is InChI=1S/C9H14O4/c1-5-3-6(5)4-7(8(10)11)9(12)13-2/h5-7H,3-4H2,1-2H3,(H,10,11). The van der Waals surface area contributed by atoms with Crippen LogP contribution in [0.25, 0.3) is 0 Å². The summed E-state index contributed by atoms with van der Waals surface area (Å²) in [7, 11) is 1.22. The quantitative estimate of drug-likeness (QED) is 0.523. The van der Waals surface area contributed by atoms with E-state index in [9.17, 15) is 9.59 Å². The van der Waals surface area contributed by atoms with E-state index in [-0.39, 0.29) is 0 Å². The summed E-state index contributed by atoms with van der Waals surface area (Å²) in [6, 6.07) is 0. The molecule has 0 saturated heterocycles. The van der Waals surface area contributed by atoms with Crippen LogP contribution in [0.5, 0.6) is 0 Å². The normalized spacial score (nSPS) is 27.8. The predicted octanol–water partition coefficient (Wildman–Crippen LogP) is 0.906. The molecule has 13 heavy (non-hydrogen) atoms. The molecule has 0 amide bonds. The molecule has 1 fully saturated rings. The van der Waals surface area contributed by atoms with Gasteiger partial charge in [-0.2, -0.15) is 0 Å². The van der Waals surface area contributed by atoms with Crippen molar-refractivity contribution in [1.29, 1.82) is 0 Å². The van der Waals surface area contributed by atoms with Crippen molar-refractivity contribution < 1.29 is 19.4 Å². The third-order valence-electron chi connectivity index (χ3n) is 2.60. The van der Waals surface area contributed by atoms with Gasteiger partial charge >= 0.3 is 11.9 Å². The van der Waals surface area contributed by atoms with Crippen molar-refractivity contribution in [2.45, 2.75) is 19.8 Å². The van der Waals surface area contributed by atoms with Crippen LogP contribution < -0.4 is 0 Å². The fraction of sp³-hybridized carbons (Fsp3) is 0.778. The van der Waals surface area contributed by atoms with E-state index < -0.39 is 17.9 Å². The molecule has 0 heterocycles. The van der Waals surface area contributed by atoms with E-state index in [1.54, 1.807) is 0 Å². The van der Waals surface area contributed by atoms with Crippen molar-refractivity contribution >= 4 is 11.9 Å². The van der Waals surface area contributed by atoms with E-state index in [4.69, 9.17) is 5.11 Å². The molecule has 1 saturated carbocycles. The fourth-order valence-electron chi connectivity index (χ4n) is 1.47. The number of carbonyl (C=O) groups excluding carboxylic acids is 1. The van der Waals surface area contributed by atoms with Crippen LogP contribution in [-0.2, 0) is 14.3 Å². The van der Waals surface area contributed by atoms with Crippen molar-refractivity contribution in [3.05, 3.63) is 0 Å². The molecule has 3 unspecified atom stereocenters. The molecular formula is C9H14O4. The summed E-state index contributed by atoms with van der Waals surface area (Å²) < 4.78 is 4.42. The van der Waals surface area contributed by atoms with Crippen molar-refractivity contribution in [1.82, 2.24) is 0 Å². The van der Waals surface area contributed by atoms with Crippen LogP contribution in [-0.4, -0.2) is 24.2 Å². The lowest BCUT2D eigenvalue weighted by Gasteiger charge is -2.08. The van der Waals surface area contributed by atoms with Gasteiger partial charge in [-0.05, 0) is 24.7 Å². The Morgan fingerprint density at radius 3 is 2.46 bits per heavy atom. The van der Waals surface area contributed by atoms with Gasteiger partial charge in [0.15, 0.2) is 5.92 Å². The summed E-state index contributed by atoms with van der Waals surface area (Å²) in [5.41, 5.74) is 0. The largest absolute Gasteiger partial charge is 0.481 e. The van der Waals surface area contributed by atoms with E-state index in [0.717, 1.165) is 6.42 Å². The topological polar surface area (TPSA) is 63.6 Å². The van der Waals surface area contributed by atoms with Gasteiger partial charge in [-0.1, -0.05) is 6.92 Å². The molecule has 1 rings (SSSR count). The Morgan fingerprint density at radius 1 is 1.62 bits per heavy atom. The molecule has 1 aliphatic rings. The molecule has 0 bridgehead atoms. The Labute approximate surface area is 76.9 Å². The molecule has 4 nitrogen and oxygen atoms in total. The van der Waals surface area contributed by atoms with Crippen LogP contribution in [0, 0.1) is 17.8 Å². The first-order valence-electron chi connectivity index (χ1n) is 4.37. The Balaban J connectivity index is 2.47. The average molecular weight is 186 g/mol. The highest BCUT2D eigenvalue weighted by Crippen LogP contribution is 2.42. The Kier molecular flexibility index (Phi) is 2.90. The monoisotopic (exact) mass is 186 g/mol. The van der Waals surface area contributed by atoms with Gasteiger partial charge in [-0.15, -0.1) is 0 Å². The van der Waals surface area contributed by atoms with Gasteiger partial charge in [0.05, 0.1) is 7.11 Å². The molecular weight excluding hydrogens is 172 g/mol. The minimum Gasteiger partial charge on any atom is -0.481 e. The molecule has 0 radical (unpaired) electrons. The van der Waals surface area contributed by atoms with E-state index in [1.165, 1.54) is 7.11 Å². The molecule has 0 aromatic carbocycles. The summed E-state index contributed by atoms with van der Waals surface area (Å²) in [6.07, 6.45) is 1.45. The maximum Gasteiger partial charge on any atom is 0.320 e. The summed E-state index contributed by atoms with van der Waals surface area (Å²) in [5, 5.41) is 8.74. The SMILES string of the molecule is COC(=O)C(CC1CC1C)C(=O)O. The lowest BCUT2D eigenvalue weighted by molar-refractivity contribution is -0.157. The third-order valence-corrected chi connectivity index (χ3v) is 2.60. The molecule has 74 valence electrons. The van der Waals surface area contributed by atoms with Crippen molar-refractivity contribution in [3.8, 4) is 0 Å². The lowest BCUT2D eigenvalue weighted by atomic mass is 10.0. The number of carboxylic acids is 1. The fourth-order valence-corrected chi connectivity index (χ4v) is 1.47. The molecule has 0 spiro atoms. The maximum atomic E-state index is 11.0. The number of ether oxygens (including phenoxy) is 1. The first-order valence-corrected chi connectivity index (χ1v) is 4.37. The zero-order chi connectivity index (χ0) is 10.0. The van der Waals surface area contributed by atoms with Crippen molar-refractivity contribution in [2.75, 3.05) is 7.11 Å². The molecule has 3 atom stereocenters. The first-order chi connectivity index (χ1) is 6.06. The number of carbonyl (C=O) groups is 2. The van der Waals surface area contributed by atoms with E-state index in [0.29, 0.717) is 18.3 Å². The highest BCUT2D eigenvalue weighted by Gasteiger charge is 2.39. The zero-order valence-corrected chi connectivity index (χ0v) is 7.82. The van der Waals surface area contributed by atoms with Gasteiger partial charge in [0.2, 0.25) is 0 Å². The summed E-state index contributed by atoms with van der Waals surface area (Å²) in [6.45, 7) is 2.06. The van der Waals surface area contributed by atoms with E-state index >= 15 is 0 Å². The Bertz CT molecular complexity index is 224. The van der Waals surface area contributed by atoms with E-state index in [1.807, 2.05) is 0 Å². The molecule has 0 aliphatic heterocycles. The van der Waals surface area contributed by atoms with Gasteiger partial charge < -0.3 is 9.84 Å². The second-order valence-electron chi connectivity index (χ2n) is 3.62. The minimum atomic E-state index is -1.08. The van der Waals surface area contributed by atoms with Crippen molar-refractivity contribution in [2.24, 2.45) is 17.8 Å². The van der Waals surface area contributed by atoms with Crippen LogP contribution in [0.2, 0.25) is 0 Å². The smallest absolute Gasteiger partial charge is 0.320 e. The second kappa shape index (κ2) is 3.77. The Morgan fingerprint density at radius 2 is 2.15 bits per heavy atom. The number of rotatable bonds is 4. The summed E-state index contributed by atoms with van der Waals surface area (Å²) >= 11 is 0. The van der Waals surface area contributed by atoms with Crippen LogP contribution >= 0.6 is 0 Å². The van der Waals surface area contributed by atoms with Gasteiger partial charge in [-0.25, -0.2) is 0 Å². The predicted molar refractivity (Wildman–Crippen MR) is 45.0 cm³/mol. The minimum absolute atomic E-state index is 0.389. The second-order valence-corrected chi connectivity index (χ2v) is 3.62. The number of aliphatic carboxylic acids is 1. The number of esters is 1. The molecule has 4 heteroatoms. The highest BCUT2D eigenvalue weighted by molar-refractivity contribution is 5.93. The van der Waals surface area contributed by atoms with E-state index in [2.05, 4.69) is 11.7 Å². The Hall–Kier alpha value is -1.06. The number of methoxy groups -OCH3 is 1. The summed E-state index contributed by atoms with van der Waals surface area (Å²) in [4.78, 5) is 21.7. The highest BCUT2D eigenvalue weighted by atomic mass is 16.5. The number of hydrogen-bond donors (Lipinski definition) is 1. The molecule has 0 aromatic rings. The first kappa shape index (κ1) is 10.0. The number of hydrogen-bond acceptors (Lipinski definition) is 3. The van der Waals surface area contributed by atoms with Crippen molar-refractivity contribution in [3.63, 3.8) is 0 Å². The molecule has 0 aromatic heterocycles. The van der Waals surface area contributed by atoms with Crippen LogP contribution in [0.1, 0.15) is 19.8 Å². The zero-order valence-electron chi connectivity index (χ0n) is 7.82. The van der Waals surface area contributed by atoms with Gasteiger partial charge in [-0.3, -0.25) is 9.59 Å². The van der Waals surface area contributed by atoms with Gasteiger partial charge in [0, 0.05) is 0 Å². The maximum absolute atomic E-state index is 11.0. The molecule has 1 N–H and O–H groups in total. The molecule has 1 aliphatic carbocycles. The van der Waals surface area contributed by atoms with Gasteiger partial charge in [0.1, 0.15) is 0 Å². The average Bonchev–Trinajstić information content (AvgIpc) is 2.76. The third kappa shape index (κ3) is 2.44. The van der Waals surface area contributed by atoms with Crippen LogP contribution in [0.3, 0.4) is 0 Å².